The molecule has 2 rings (SSSR count). The fourth-order valence-corrected chi connectivity index (χ4v) is 2.33. The lowest BCUT2D eigenvalue weighted by atomic mass is 9.87. The van der Waals surface area contributed by atoms with E-state index in [1.807, 2.05) is 6.92 Å². The highest BCUT2D eigenvalue weighted by Crippen LogP contribution is 2.26. The second-order valence-corrected chi connectivity index (χ2v) is 4.87. The largest absolute Gasteiger partial charge is 0.459 e. The fraction of sp³-hybridized carbons (Fsp3) is 0.615. The van der Waals surface area contributed by atoms with Crippen molar-refractivity contribution in [1.29, 1.82) is 0 Å². The van der Waals surface area contributed by atoms with Gasteiger partial charge in [0.25, 0.3) is 0 Å². The van der Waals surface area contributed by atoms with E-state index >= 15 is 0 Å². The van der Waals surface area contributed by atoms with Gasteiger partial charge in [-0.3, -0.25) is 9.48 Å². The molecule has 0 aromatic carbocycles. The predicted molar refractivity (Wildman–Crippen MR) is 68.3 cm³/mol. The summed E-state index contributed by atoms with van der Waals surface area (Å²) in [6, 6.07) is 0. The van der Waals surface area contributed by atoms with E-state index in [4.69, 9.17) is 10.5 Å². The van der Waals surface area contributed by atoms with E-state index in [2.05, 4.69) is 5.10 Å². The molecule has 1 aliphatic carbocycles. The maximum Gasteiger partial charge on any atom is 0.341 e. The summed E-state index contributed by atoms with van der Waals surface area (Å²) < 4.78 is 7.10. The van der Waals surface area contributed by atoms with E-state index in [-0.39, 0.29) is 23.9 Å². The van der Waals surface area contributed by atoms with Gasteiger partial charge in [-0.25, -0.2) is 4.79 Å². The van der Waals surface area contributed by atoms with Crippen LogP contribution in [0.5, 0.6) is 0 Å². The second-order valence-electron chi connectivity index (χ2n) is 4.87. The summed E-state index contributed by atoms with van der Waals surface area (Å²) in [6.07, 6.45) is 5.86. The molecular formula is C13H19N3O3. The van der Waals surface area contributed by atoms with E-state index in [1.54, 1.807) is 10.9 Å². The van der Waals surface area contributed by atoms with Gasteiger partial charge in [-0.1, -0.05) is 0 Å². The van der Waals surface area contributed by atoms with Crippen molar-refractivity contribution in [2.75, 3.05) is 0 Å². The van der Waals surface area contributed by atoms with Gasteiger partial charge in [0.05, 0.1) is 11.8 Å². The summed E-state index contributed by atoms with van der Waals surface area (Å²) in [5.74, 6) is -0.672. The van der Waals surface area contributed by atoms with Gasteiger partial charge in [-0.05, 0) is 32.6 Å². The summed E-state index contributed by atoms with van der Waals surface area (Å²) in [5.41, 5.74) is 5.74. The number of primary amides is 1. The first-order chi connectivity index (χ1) is 9.10. The SMILES string of the molecule is CCn1cc(C(=O)OC2CCC(C(N)=O)CC2)cn1. The van der Waals surface area contributed by atoms with Crippen LogP contribution < -0.4 is 5.73 Å². The normalized spacial score (nSPS) is 23.0. The number of carbonyl (C=O) groups excluding carboxylic acids is 2. The Kier molecular flexibility index (Phi) is 4.19. The van der Waals surface area contributed by atoms with E-state index in [1.165, 1.54) is 6.20 Å². The summed E-state index contributed by atoms with van der Waals surface area (Å²) in [7, 11) is 0. The molecule has 0 saturated heterocycles. The number of aryl methyl sites for hydroxylation is 1. The molecule has 1 amide bonds. The zero-order valence-corrected chi connectivity index (χ0v) is 11.0. The van der Waals surface area contributed by atoms with Crippen molar-refractivity contribution in [3.05, 3.63) is 18.0 Å². The number of rotatable bonds is 4. The minimum atomic E-state index is -0.345. The van der Waals surface area contributed by atoms with Gasteiger partial charge in [-0.2, -0.15) is 5.10 Å². The third-order valence-electron chi connectivity index (χ3n) is 3.54. The fourth-order valence-electron chi connectivity index (χ4n) is 2.33. The third-order valence-corrected chi connectivity index (χ3v) is 3.54. The van der Waals surface area contributed by atoms with Crippen molar-refractivity contribution in [1.82, 2.24) is 9.78 Å². The standard InChI is InChI=1S/C13H19N3O3/c1-2-16-8-10(7-15-16)13(18)19-11-5-3-9(4-6-11)12(14)17/h7-9,11H,2-6H2,1H3,(H2,14,17). The molecule has 1 heterocycles. The molecule has 1 fully saturated rings. The summed E-state index contributed by atoms with van der Waals surface area (Å²) in [5, 5.41) is 4.04. The van der Waals surface area contributed by atoms with Crippen molar-refractivity contribution < 1.29 is 14.3 Å². The Morgan fingerprint density at radius 2 is 2.11 bits per heavy atom. The molecule has 0 spiro atoms. The van der Waals surface area contributed by atoms with Crippen LogP contribution in [0.2, 0.25) is 0 Å². The van der Waals surface area contributed by atoms with Crippen LogP contribution in [-0.4, -0.2) is 27.8 Å². The lowest BCUT2D eigenvalue weighted by Gasteiger charge is -2.26. The average Bonchev–Trinajstić information content (AvgIpc) is 2.88. The molecule has 1 saturated carbocycles. The minimum absolute atomic E-state index is 0.0715. The van der Waals surface area contributed by atoms with E-state index in [0.29, 0.717) is 31.2 Å². The van der Waals surface area contributed by atoms with Crippen LogP contribution in [0.1, 0.15) is 43.0 Å². The number of ether oxygens (including phenoxy) is 1. The van der Waals surface area contributed by atoms with Crippen LogP contribution in [0, 0.1) is 5.92 Å². The first-order valence-electron chi connectivity index (χ1n) is 6.63. The maximum absolute atomic E-state index is 11.9. The lowest BCUT2D eigenvalue weighted by molar-refractivity contribution is -0.123. The Morgan fingerprint density at radius 1 is 1.42 bits per heavy atom. The molecule has 6 heteroatoms. The van der Waals surface area contributed by atoms with Gasteiger partial charge in [0, 0.05) is 18.7 Å². The van der Waals surface area contributed by atoms with E-state index < -0.39 is 0 Å². The van der Waals surface area contributed by atoms with Crippen molar-refractivity contribution in [2.24, 2.45) is 11.7 Å². The smallest absolute Gasteiger partial charge is 0.341 e. The number of nitrogens with zero attached hydrogens (tertiary/aromatic N) is 2. The van der Waals surface area contributed by atoms with Gasteiger partial charge in [0.15, 0.2) is 0 Å². The molecular weight excluding hydrogens is 246 g/mol. The summed E-state index contributed by atoms with van der Waals surface area (Å²) in [6.45, 7) is 2.67. The zero-order chi connectivity index (χ0) is 13.8. The lowest BCUT2D eigenvalue weighted by Crippen LogP contribution is -2.31. The number of carbonyl (C=O) groups is 2. The summed E-state index contributed by atoms with van der Waals surface area (Å²) >= 11 is 0. The molecule has 19 heavy (non-hydrogen) atoms. The minimum Gasteiger partial charge on any atom is -0.459 e. The van der Waals surface area contributed by atoms with E-state index in [0.717, 1.165) is 6.54 Å². The van der Waals surface area contributed by atoms with Crippen LogP contribution in [0.3, 0.4) is 0 Å². The third kappa shape index (κ3) is 3.33. The molecule has 0 radical (unpaired) electrons. The van der Waals surface area contributed by atoms with Gasteiger partial charge >= 0.3 is 5.97 Å². The number of hydrogen-bond acceptors (Lipinski definition) is 4. The highest BCUT2D eigenvalue weighted by Gasteiger charge is 2.27. The topological polar surface area (TPSA) is 87.2 Å². The van der Waals surface area contributed by atoms with Gasteiger partial charge < -0.3 is 10.5 Å². The molecule has 0 aliphatic heterocycles. The first kappa shape index (κ1) is 13.6. The number of amides is 1. The molecule has 0 unspecified atom stereocenters. The quantitative estimate of drug-likeness (QED) is 0.826. The Labute approximate surface area is 111 Å². The highest BCUT2D eigenvalue weighted by molar-refractivity contribution is 5.88. The Hall–Kier alpha value is -1.85. The van der Waals surface area contributed by atoms with Crippen LogP contribution in [-0.2, 0) is 16.1 Å². The van der Waals surface area contributed by atoms with Crippen molar-refractivity contribution in [3.8, 4) is 0 Å². The molecule has 0 bridgehead atoms. The van der Waals surface area contributed by atoms with Crippen LogP contribution >= 0.6 is 0 Å². The van der Waals surface area contributed by atoms with E-state index in [9.17, 15) is 9.59 Å². The molecule has 6 nitrogen and oxygen atoms in total. The molecule has 2 N–H and O–H groups in total. The van der Waals surface area contributed by atoms with Crippen LogP contribution in [0.25, 0.3) is 0 Å². The highest BCUT2D eigenvalue weighted by atomic mass is 16.5. The van der Waals surface area contributed by atoms with Crippen molar-refractivity contribution in [3.63, 3.8) is 0 Å². The molecule has 1 aromatic heterocycles. The van der Waals surface area contributed by atoms with Crippen molar-refractivity contribution >= 4 is 11.9 Å². The monoisotopic (exact) mass is 265 g/mol. The Balaban J connectivity index is 1.85. The Morgan fingerprint density at radius 3 is 2.63 bits per heavy atom. The molecule has 1 aromatic rings. The summed E-state index contributed by atoms with van der Waals surface area (Å²) in [4.78, 5) is 22.9. The van der Waals surface area contributed by atoms with Gasteiger partial charge in [0.1, 0.15) is 6.10 Å². The Bertz CT molecular complexity index is 461. The maximum atomic E-state index is 11.9. The molecule has 1 aliphatic rings. The molecule has 104 valence electrons. The van der Waals surface area contributed by atoms with Gasteiger partial charge in [0.2, 0.25) is 5.91 Å². The van der Waals surface area contributed by atoms with Crippen LogP contribution in [0.15, 0.2) is 12.4 Å². The number of hydrogen-bond donors (Lipinski definition) is 1. The first-order valence-corrected chi connectivity index (χ1v) is 6.63. The number of aromatic nitrogens is 2. The second kappa shape index (κ2) is 5.86. The van der Waals surface area contributed by atoms with Crippen LogP contribution in [0.4, 0.5) is 0 Å². The predicted octanol–water partition coefficient (Wildman–Crippen LogP) is 1.10. The van der Waals surface area contributed by atoms with Gasteiger partial charge in [-0.15, -0.1) is 0 Å². The van der Waals surface area contributed by atoms with Crippen molar-refractivity contribution in [2.45, 2.75) is 45.3 Å². The number of esters is 1. The number of nitrogens with two attached hydrogens (primary N) is 1. The average molecular weight is 265 g/mol. The zero-order valence-electron chi connectivity index (χ0n) is 11.0. The molecule has 0 atom stereocenters.